The molecule has 0 aromatic heterocycles. The number of rotatable bonds is 7. The van der Waals surface area contributed by atoms with Gasteiger partial charge in [-0.1, -0.05) is 18.2 Å². The normalized spacial score (nSPS) is 10.3. The van der Waals surface area contributed by atoms with E-state index < -0.39 is 76.6 Å². The van der Waals surface area contributed by atoms with Crippen LogP contribution >= 0.6 is 0 Å². The van der Waals surface area contributed by atoms with Gasteiger partial charge in [-0.3, -0.25) is 40.5 Å². The summed E-state index contributed by atoms with van der Waals surface area (Å²) in [6.45, 7) is 0. The number of nitrogens with zero attached hydrogens (tertiary/aromatic N) is 4. The number of aromatic carboxylic acids is 2. The van der Waals surface area contributed by atoms with E-state index in [4.69, 9.17) is 0 Å². The van der Waals surface area contributed by atoms with Crippen molar-refractivity contribution in [1.29, 1.82) is 0 Å². The predicted octanol–water partition coefficient (Wildman–Crippen LogP) is 2.38. The second kappa shape index (κ2) is 7.54. The van der Waals surface area contributed by atoms with Gasteiger partial charge in [-0.05, 0) is 6.07 Å². The van der Waals surface area contributed by atoms with Crippen molar-refractivity contribution in [1.82, 2.24) is 0 Å². The first kappa shape index (κ1) is 21.3. The number of carbonyl (C=O) groups is 2. The van der Waals surface area contributed by atoms with E-state index in [1.165, 1.54) is 0 Å². The van der Waals surface area contributed by atoms with Crippen molar-refractivity contribution in [3.63, 3.8) is 0 Å². The zero-order valence-corrected chi connectivity index (χ0v) is 14.1. The Balaban J connectivity index is 3.41. The standard InChI is InChI=1S/C14H6N4O12/c19-13(20)6-4-2-1-3-5(6)7-8(14(21)22)10(16(25)26)12(18(29)30)11(17(27)28)9(7)15(23)24/h1-4H,(H,19,20)(H,21,22). The lowest BCUT2D eigenvalue weighted by atomic mass is 9.90. The third-order valence-electron chi connectivity index (χ3n) is 3.77. The molecule has 0 heterocycles. The monoisotopic (exact) mass is 422 g/mol. The number of hydrogen-bond donors (Lipinski definition) is 2. The highest BCUT2D eigenvalue weighted by Crippen LogP contribution is 2.52. The van der Waals surface area contributed by atoms with Crippen LogP contribution in [0.2, 0.25) is 0 Å². The summed E-state index contributed by atoms with van der Waals surface area (Å²) in [5.74, 6) is -4.03. The Labute approximate surface area is 162 Å². The lowest BCUT2D eigenvalue weighted by Crippen LogP contribution is -2.14. The van der Waals surface area contributed by atoms with Crippen molar-refractivity contribution in [3.05, 3.63) is 75.8 Å². The summed E-state index contributed by atoms with van der Waals surface area (Å²) in [5.41, 5.74) is -12.2. The minimum atomic E-state index is -2.28. The molecule has 0 aliphatic heterocycles. The molecule has 30 heavy (non-hydrogen) atoms. The molecule has 0 atom stereocenters. The fraction of sp³-hybridized carbons (Fsp3) is 0. The lowest BCUT2D eigenvalue weighted by molar-refractivity contribution is -0.451. The highest BCUT2D eigenvalue weighted by molar-refractivity contribution is 6.10. The van der Waals surface area contributed by atoms with E-state index in [-0.39, 0.29) is 0 Å². The van der Waals surface area contributed by atoms with Gasteiger partial charge in [-0.15, -0.1) is 0 Å². The first-order chi connectivity index (χ1) is 13.9. The molecule has 2 rings (SSSR count). The molecule has 0 aliphatic carbocycles. The van der Waals surface area contributed by atoms with E-state index >= 15 is 0 Å². The Bertz CT molecular complexity index is 1120. The van der Waals surface area contributed by atoms with Crippen LogP contribution in [0.5, 0.6) is 0 Å². The fourth-order valence-electron chi connectivity index (χ4n) is 2.76. The fourth-order valence-corrected chi connectivity index (χ4v) is 2.76. The molecule has 16 nitrogen and oxygen atoms in total. The summed E-state index contributed by atoms with van der Waals surface area (Å²) in [6.07, 6.45) is 0. The molecule has 2 N–H and O–H groups in total. The molecule has 0 unspecified atom stereocenters. The molecular formula is C14H6N4O12. The number of carboxylic acids is 2. The average molecular weight is 422 g/mol. The first-order valence-electron chi connectivity index (χ1n) is 7.29. The van der Waals surface area contributed by atoms with Crippen LogP contribution in [0.4, 0.5) is 22.7 Å². The molecule has 0 fully saturated rings. The predicted molar refractivity (Wildman–Crippen MR) is 92.4 cm³/mol. The van der Waals surface area contributed by atoms with E-state index in [1.807, 2.05) is 0 Å². The number of carboxylic acid groups (broad SMARTS) is 2. The smallest absolute Gasteiger partial charge is 0.430 e. The van der Waals surface area contributed by atoms with Crippen LogP contribution in [0, 0.1) is 40.5 Å². The Hall–Kier alpha value is -5.02. The summed E-state index contributed by atoms with van der Waals surface area (Å²) in [5, 5.41) is 64.5. The number of benzene rings is 2. The first-order valence-corrected chi connectivity index (χ1v) is 7.29. The SMILES string of the molecule is O=C(O)c1ccccc1-c1c(C(=O)O)c([N+](=O)[O-])c([N+](=O)[O-])c([N+](=O)[O-])c1[N+](=O)[O-]. The van der Waals surface area contributed by atoms with Gasteiger partial charge in [-0.25, -0.2) is 9.59 Å². The molecule has 16 heteroatoms. The van der Waals surface area contributed by atoms with Gasteiger partial charge in [-0.2, -0.15) is 0 Å². The van der Waals surface area contributed by atoms with Crippen molar-refractivity contribution in [2.24, 2.45) is 0 Å². The van der Waals surface area contributed by atoms with Crippen LogP contribution in [0.1, 0.15) is 20.7 Å². The Morgan fingerprint density at radius 3 is 1.50 bits per heavy atom. The molecule has 0 aliphatic rings. The van der Waals surface area contributed by atoms with E-state index in [1.54, 1.807) is 0 Å². The quantitative estimate of drug-likeness (QED) is 0.482. The number of hydrogen-bond acceptors (Lipinski definition) is 10. The van der Waals surface area contributed by atoms with Gasteiger partial charge in [0.15, 0.2) is 5.56 Å². The second-order valence-electron chi connectivity index (χ2n) is 5.33. The molecule has 0 amide bonds. The maximum Gasteiger partial charge on any atom is 0.430 e. The number of nitro groups is 4. The van der Waals surface area contributed by atoms with Crippen molar-refractivity contribution < 1.29 is 39.5 Å². The van der Waals surface area contributed by atoms with Crippen LogP contribution < -0.4 is 0 Å². The Morgan fingerprint density at radius 2 is 1.10 bits per heavy atom. The van der Waals surface area contributed by atoms with E-state index in [2.05, 4.69) is 0 Å². The molecule has 0 bridgehead atoms. The zero-order valence-electron chi connectivity index (χ0n) is 14.1. The molecule has 0 saturated heterocycles. The highest BCUT2D eigenvalue weighted by atomic mass is 16.7. The van der Waals surface area contributed by atoms with Crippen LogP contribution in [0.15, 0.2) is 24.3 Å². The lowest BCUT2D eigenvalue weighted by Gasteiger charge is -2.11. The van der Waals surface area contributed by atoms with Crippen molar-refractivity contribution in [2.75, 3.05) is 0 Å². The van der Waals surface area contributed by atoms with Crippen LogP contribution in [-0.2, 0) is 0 Å². The van der Waals surface area contributed by atoms with Crippen LogP contribution in [-0.4, -0.2) is 41.8 Å². The van der Waals surface area contributed by atoms with Gasteiger partial charge >= 0.3 is 34.7 Å². The van der Waals surface area contributed by atoms with Gasteiger partial charge in [0, 0.05) is 5.56 Å². The van der Waals surface area contributed by atoms with Gasteiger partial charge in [0.05, 0.1) is 30.8 Å². The van der Waals surface area contributed by atoms with Gasteiger partial charge < -0.3 is 10.2 Å². The summed E-state index contributed by atoms with van der Waals surface area (Å²) >= 11 is 0. The minimum absolute atomic E-state index is 0.791. The zero-order chi connectivity index (χ0) is 22.9. The average Bonchev–Trinajstić information content (AvgIpc) is 2.64. The molecule has 0 saturated carbocycles. The molecule has 0 radical (unpaired) electrons. The third kappa shape index (κ3) is 3.30. The highest BCUT2D eigenvalue weighted by Gasteiger charge is 2.52. The van der Waals surface area contributed by atoms with E-state index in [9.17, 15) is 60.3 Å². The summed E-state index contributed by atoms with van der Waals surface area (Å²) < 4.78 is 0. The Morgan fingerprint density at radius 1 is 0.667 bits per heavy atom. The number of nitro benzene ring substituents is 4. The van der Waals surface area contributed by atoms with Crippen molar-refractivity contribution >= 4 is 34.7 Å². The molecular weight excluding hydrogens is 416 g/mol. The summed E-state index contributed by atoms with van der Waals surface area (Å²) in [4.78, 5) is 62.5. The maximum atomic E-state index is 11.8. The molecule has 2 aromatic carbocycles. The van der Waals surface area contributed by atoms with Gasteiger partial charge in [0.1, 0.15) is 0 Å². The van der Waals surface area contributed by atoms with E-state index in [0.29, 0.717) is 0 Å². The molecule has 2 aromatic rings. The Kier molecular flexibility index (Phi) is 5.35. The summed E-state index contributed by atoms with van der Waals surface area (Å²) in [6, 6.07) is 3.88. The minimum Gasteiger partial charge on any atom is -0.478 e. The van der Waals surface area contributed by atoms with E-state index in [0.717, 1.165) is 24.3 Å². The summed E-state index contributed by atoms with van der Waals surface area (Å²) in [7, 11) is 0. The second-order valence-corrected chi connectivity index (χ2v) is 5.33. The molecule has 154 valence electrons. The maximum absolute atomic E-state index is 11.8. The van der Waals surface area contributed by atoms with Crippen molar-refractivity contribution in [3.8, 4) is 11.1 Å². The van der Waals surface area contributed by atoms with Gasteiger partial charge in [0.2, 0.25) is 0 Å². The van der Waals surface area contributed by atoms with Gasteiger partial charge in [0.25, 0.3) is 0 Å². The molecule has 0 spiro atoms. The largest absolute Gasteiger partial charge is 0.478 e. The topological polar surface area (TPSA) is 247 Å². The van der Waals surface area contributed by atoms with Crippen molar-refractivity contribution in [2.45, 2.75) is 0 Å². The third-order valence-corrected chi connectivity index (χ3v) is 3.77. The van der Waals surface area contributed by atoms with Crippen LogP contribution in [0.3, 0.4) is 0 Å². The van der Waals surface area contributed by atoms with Crippen LogP contribution in [0.25, 0.3) is 11.1 Å².